The highest BCUT2D eigenvalue weighted by molar-refractivity contribution is 8.00. The van der Waals surface area contributed by atoms with Crippen molar-refractivity contribution in [1.29, 1.82) is 0 Å². The minimum Gasteiger partial charge on any atom is -0.302 e. The van der Waals surface area contributed by atoms with Crippen molar-refractivity contribution in [3.8, 4) is 0 Å². The number of carbonyl (C=O) groups excluding carboxylic acids is 1. The van der Waals surface area contributed by atoms with E-state index in [4.69, 9.17) is 11.6 Å². The standard InChI is InChI=1S/C10H12ClNO2S/c1-12(15(2,3)14)9-7-5-4-6-8(9)10(11)13/h4-7H,2H2,1,3H3. The van der Waals surface area contributed by atoms with E-state index >= 15 is 0 Å². The third-order valence-corrected chi connectivity index (χ3v) is 3.59. The summed E-state index contributed by atoms with van der Waals surface area (Å²) in [4.78, 5) is 11.1. The van der Waals surface area contributed by atoms with Crippen LogP contribution in [0, 0.1) is 0 Å². The maximum Gasteiger partial charge on any atom is 0.254 e. The van der Waals surface area contributed by atoms with Gasteiger partial charge in [-0.25, -0.2) is 4.21 Å². The lowest BCUT2D eigenvalue weighted by Gasteiger charge is -2.22. The van der Waals surface area contributed by atoms with Crippen molar-refractivity contribution >= 4 is 38.1 Å². The quantitative estimate of drug-likeness (QED) is 0.601. The first-order valence-electron chi connectivity index (χ1n) is 4.19. The van der Waals surface area contributed by atoms with Crippen molar-refractivity contribution < 1.29 is 9.00 Å². The highest BCUT2D eigenvalue weighted by Gasteiger charge is 2.14. The predicted molar refractivity (Wildman–Crippen MR) is 66.2 cm³/mol. The molecule has 3 nitrogen and oxygen atoms in total. The molecule has 1 unspecified atom stereocenters. The molecule has 0 saturated heterocycles. The molecule has 0 heterocycles. The molecule has 0 aromatic heterocycles. The number of hydrogen-bond donors (Lipinski definition) is 0. The molecule has 5 heteroatoms. The van der Waals surface area contributed by atoms with Gasteiger partial charge in [0.2, 0.25) is 0 Å². The zero-order chi connectivity index (χ0) is 11.6. The van der Waals surface area contributed by atoms with Crippen LogP contribution in [0.2, 0.25) is 0 Å². The van der Waals surface area contributed by atoms with E-state index in [0.717, 1.165) is 0 Å². The molecule has 0 N–H and O–H groups in total. The van der Waals surface area contributed by atoms with Crippen molar-refractivity contribution in [2.45, 2.75) is 0 Å². The lowest BCUT2D eigenvalue weighted by atomic mass is 10.2. The fourth-order valence-electron chi connectivity index (χ4n) is 1.12. The SMILES string of the molecule is C=S(C)(=O)N(C)c1ccccc1C(=O)Cl. The molecule has 1 aromatic carbocycles. The van der Waals surface area contributed by atoms with E-state index in [2.05, 4.69) is 5.87 Å². The highest BCUT2D eigenvalue weighted by atomic mass is 35.5. The van der Waals surface area contributed by atoms with Gasteiger partial charge in [-0.2, -0.15) is 0 Å². The average Bonchev–Trinajstić information content (AvgIpc) is 2.15. The Hall–Kier alpha value is -1.00. The van der Waals surface area contributed by atoms with Gasteiger partial charge in [0.05, 0.1) is 11.3 Å². The van der Waals surface area contributed by atoms with Crippen molar-refractivity contribution in [1.82, 2.24) is 0 Å². The molecule has 1 rings (SSSR count). The molecule has 0 fully saturated rings. The summed E-state index contributed by atoms with van der Waals surface area (Å²) in [7, 11) is -0.770. The molecule has 0 amide bonds. The van der Waals surface area contributed by atoms with Crippen LogP contribution in [-0.2, 0) is 9.71 Å². The van der Waals surface area contributed by atoms with Gasteiger partial charge in [0.25, 0.3) is 5.24 Å². The van der Waals surface area contributed by atoms with Gasteiger partial charge in [-0.05, 0) is 29.6 Å². The summed E-state index contributed by atoms with van der Waals surface area (Å²) >= 11 is 5.42. The van der Waals surface area contributed by atoms with Crippen LogP contribution in [0.3, 0.4) is 0 Å². The van der Waals surface area contributed by atoms with Crippen LogP contribution in [0.5, 0.6) is 0 Å². The summed E-state index contributed by atoms with van der Waals surface area (Å²) < 4.78 is 13.2. The second-order valence-corrected chi connectivity index (χ2v) is 6.06. The monoisotopic (exact) mass is 245 g/mol. The first kappa shape index (κ1) is 12.1. The summed E-state index contributed by atoms with van der Waals surface area (Å²) in [6.45, 7) is 0. The lowest BCUT2D eigenvalue weighted by molar-refractivity contribution is 0.108. The van der Waals surface area contributed by atoms with Gasteiger partial charge in [-0.15, -0.1) is 0 Å². The largest absolute Gasteiger partial charge is 0.302 e. The maximum absolute atomic E-state index is 11.7. The van der Waals surface area contributed by atoms with Crippen LogP contribution >= 0.6 is 11.6 Å². The van der Waals surface area contributed by atoms with E-state index in [1.807, 2.05) is 0 Å². The number of anilines is 1. The Balaban J connectivity index is 3.32. The zero-order valence-electron chi connectivity index (χ0n) is 8.57. The lowest BCUT2D eigenvalue weighted by Crippen LogP contribution is -2.26. The number of para-hydroxylation sites is 1. The molecule has 1 aromatic rings. The van der Waals surface area contributed by atoms with Gasteiger partial charge in [-0.3, -0.25) is 4.79 Å². The van der Waals surface area contributed by atoms with Crippen LogP contribution in [0.4, 0.5) is 5.69 Å². The van der Waals surface area contributed by atoms with Crippen molar-refractivity contribution in [2.75, 3.05) is 17.6 Å². The molecule has 0 radical (unpaired) electrons. The van der Waals surface area contributed by atoms with Crippen LogP contribution in [0.1, 0.15) is 10.4 Å². The van der Waals surface area contributed by atoms with Gasteiger partial charge in [0.15, 0.2) is 0 Å². The minimum absolute atomic E-state index is 0.333. The van der Waals surface area contributed by atoms with Crippen LogP contribution in [-0.4, -0.2) is 28.6 Å². The summed E-state index contributed by atoms with van der Waals surface area (Å²) in [5, 5.41) is -0.568. The van der Waals surface area contributed by atoms with E-state index < -0.39 is 15.0 Å². The molecule has 15 heavy (non-hydrogen) atoms. The van der Waals surface area contributed by atoms with E-state index in [-0.39, 0.29) is 0 Å². The van der Waals surface area contributed by atoms with Gasteiger partial charge in [0, 0.05) is 23.0 Å². The van der Waals surface area contributed by atoms with Crippen molar-refractivity contribution in [2.24, 2.45) is 0 Å². The zero-order valence-corrected chi connectivity index (χ0v) is 10.1. The Morgan fingerprint density at radius 2 is 2.00 bits per heavy atom. The molecule has 0 aliphatic carbocycles. The Labute approximate surface area is 94.8 Å². The van der Waals surface area contributed by atoms with E-state index in [1.54, 1.807) is 31.3 Å². The highest BCUT2D eigenvalue weighted by Crippen LogP contribution is 2.22. The number of rotatable bonds is 3. The molecule has 0 spiro atoms. The van der Waals surface area contributed by atoms with Gasteiger partial charge < -0.3 is 4.31 Å². The second kappa shape index (κ2) is 4.24. The van der Waals surface area contributed by atoms with Crippen LogP contribution in [0.15, 0.2) is 24.3 Å². The van der Waals surface area contributed by atoms with Gasteiger partial charge >= 0.3 is 0 Å². The summed E-state index contributed by atoms with van der Waals surface area (Å²) in [5.41, 5.74) is 0.861. The van der Waals surface area contributed by atoms with Crippen LogP contribution in [0.25, 0.3) is 0 Å². The number of nitrogens with zero attached hydrogens (tertiary/aromatic N) is 1. The molecular weight excluding hydrogens is 234 g/mol. The molecular formula is C10H12ClNO2S. The van der Waals surface area contributed by atoms with Gasteiger partial charge in [-0.1, -0.05) is 12.1 Å². The molecule has 82 valence electrons. The molecule has 0 aliphatic rings. The molecule has 0 aliphatic heterocycles. The molecule has 1 atom stereocenters. The summed E-state index contributed by atoms with van der Waals surface area (Å²) in [6.07, 6.45) is 1.50. The van der Waals surface area contributed by atoms with Crippen LogP contribution < -0.4 is 4.31 Å². The van der Waals surface area contributed by atoms with E-state index in [0.29, 0.717) is 11.3 Å². The predicted octanol–water partition coefficient (Wildman–Crippen LogP) is 1.76. The second-order valence-electron chi connectivity index (χ2n) is 3.25. The number of benzene rings is 1. The number of carbonyl (C=O) groups is 1. The van der Waals surface area contributed by atoms with Crippen molar-refractivity contribution in [3.05, 3.63) is 29.8 Å². The first-order valence-corrected chi connectivity index (χ1v) is 6.66. The third kappa shape index (κ3) is 2.73. The molecule has 0 saturated carbocycles. The fourth-order valence-corrected chi connectivity index (χ4v) is 1.86. The van der Waals surface area contributed by atoms with Gasteiger partial charge in [0.1, 0.15) is 0 Å². The summed E-state index contributed by atoms with van der Waals surface area (Å²) in [6, 6.07) is 6.73. The van der Waals surface area contributed by atoms with E-state index in [1.165, 1.54) is 10.6 Å². The normalized spacial score (nSPS) is 14.3. The Morgan fingerprint density at radius 3 is 2.47 bits per heavy atom. The van der Waals surface area contributed by atoms with Crippen molar-refractivity contribution in [3.63, 3.8) is 0 Å². The smallest absolute Gasteiger partial charge is 0.254 e. The topological polar surface area (TPSA) is 37.4 Å². The Kier molecular flexibility index (Phi) is 3.42. The Morgan fingerprint density at radius 1 is 1.47 bits per heavy atom. The number of hydrogen-bond acceptors (Lipinski definition) is 2. The fraction of sp³-hybridized carbons (Fsp3) is 0.200. The maximum atomic E-state index is 11.7. The average molecular weight is 246 g/mol. The first-order chi connectivity index (χ1) is 6.84. The molecule has 0 bridgehead atoms. The Bertz CT molecular complexity index is 482. The third-order valence-electron chi connectivity index (χ3n) is 2.03. The van der Waals surface area contributed by atoms with E-state index in [9.17, 15) is 9.00 Å². The summed E-state index contributed by atoms with van der Waals surface area (Å²) in [5.74, 6) is 3.55. The number of halogens is 1. The minimum atomic E-state index is -2.39.